The van der Waals surface area contributed by atoms with Crippen LogP contribution in [0.3, 0.4) is 0 Å². The quantitative estimate of drug-likeness (QED) is 0.490. The summed E-state index contributed by atoms with van der Waals surface area (Å²) in [6.07, 6.45) is 4.53. The Bertz CT molecular complexity index is 980. The number of hydrogen-bond acceptors (Lipinski definition) is 0. The van der Waals surface area contributed by atoms with Gasteiger partial charge in [-0.2, -0.15) is 0 Å². The lowest BCUT2D eigenvalue weighted by Crippen LogP contribution is -2.05. The standard InChI is InChI=1S/C20H14/c1-2-7-15(8-3-1)13-17-10-6-11-18-14-16-9-4-5-12-19(16)20(17)18/h1-14H. The van der Waals surface area contributed by atoms with E-state index < -0.39 is 0 Å². The molecule has 0 spiro atoms. The third-order valence-corrected chi connectivity index (χ3v) is 3.79. The normalized spacial score (nSPS) is 12.7. The summed E-state index contributed by atoms with van der Waals surface area (Å²) >= 11 is 0. The second kappa shape index (κ2) is 4.50. The number of rotatable bonds is 1. The molecule has 0 nitrogen and oxygen atoms in total. The Hall–Kier alpha value is -2.60. The topological polar surface area (TPSA) is 0 Å². The fraction of sp³-hybridized carbons (Fsp3) is 0. The summed E-state index contributed by atoms with van der Waals surface area (Å²) in [4.78, 5) is 0. The number of benzene rings is 3. The highest BCUT2D eigenvalue weighted by molar-refractivity contribution is 5.58. The molecule has 3 aromatic carbocycles. The van der Waals surface area contributed by atoms with Gasteiger partial charge in [0.25, 0.3) is 0 Å². The Morgan fingerprint density at radius 2 is 1.45 bits per heavy atom. The van der Waals surface area contributed by atoms with Crippen molar-refractivity contribution in [2.75, 3.05) is 0 Å². The maximum Gasteiger partial charge on any atom is -0.00324 e. The van der Waals surface area contributed by atoms with E-state index in [1.54, 1.807) is 0 Å². The molecule has 0 atom stereocenters. The molecule has 0 heteroatoms. The minimum Gasteiger partial charge on any atom is -0.0622 e. The maximum atomic E-state index is 2.27. The van der Waals surface area contributed by atoms with E-state index in [0.29, 0.717) is 0 Å². The zero-order chi connectivity index (χ0) is 13.4. The van der Waals surface area contributed by atoms with Crippen LogP contribution in [0.1, 0.15) is 11.1 Å². The van der Waals surface area contributed by atoms with Gasteiger partial charge in [0.1, 0.15) is 0 Å². The van der Waals surface area contributed by atoms with Gasteiger partial charge >= 0.3 is 0 Å². The van der Waals surface area contributed by atoms with Crippen LogP contribution >= 0.6 is 0 Å². The third-order valence-electron chi connectivity index (χ3n) is 3.79. The van der Waals surface area contributed by atoms with Gasteiger partial charge in [-0.15, -0.1) is 0 Å². The molecule has 0 bridgehead atoms. The first-order valence-corrected chi connectivity index (χ1v) is 6.89. The van der Waals surface area contributed by atoms with Crippen LogP contribution in [-0.4, -0.2) is 0 Å². The van der Waals surface area contributed by atoms with Crippen LogP contribution in [0.4, 0.5) is 0 Å². The van der Waals surface area contributed by atoms with Gasteiger partial charge in [-0.1, -0.05) is 72.8 Å². The zero-order valence-electron chi connectivity index (χ0n) is 11.1. The minimum atomic E-state index is 1.24. The van der Waals surface area contributed by atoms with Crippen LogP contribution in [-0.2, 0) is 0 Å². The molecule has 1 aliphatic carbocycles. The van der Waals surface area contributed by atoms with E-state index in [9.17, 15) is 0 Å². The highest BCUT2D eigenvalue weighted by atomic mass is 14.1. The highest BCUT2D eigenvalue weighted by Crippen LogP contribution is 2.07. The Kier molecular flexibility index (Phi) is 2.53. The Labute approximate surface area is 117 Å². The van der Waals surface area contributed by atoms with Crippen molar-refractivity contribution in [3.05, 3.63) is 105 Å². The van der Waals surface area contributed by atoms with E-state index in [-0.39, 0.29) is 0 Å². The van der Waals surface area contributed by atoms with Gasteiger partial charge < -0.3 is 0 Å². The average Bonchev–Trinajstić information content (AvgIpc) is 2.88. The summed E-state index contributed by atoms with van der Waals surface area (Å²) in [5.41, 5.74) is 2.56. The summed E-state index contributed by atoms with van der Waals surface area (Å²) in [5.74, 6) is 0. The maximum absolute atomic E-state index is 2.27. The second-order valence-electron chi connectivity index (χ2n) is 5.10. The SMILES string of the molecule is C1=c2ccccc2=c2c1cccc2=Cc1ccccc1. The van der Waals surface area contributed by atoms with Gasteiger partial charge in [-0.25, -0.2) is 0 Å². The molecule has 0 amide bonds. The Morgan fingerprint density at radius 1 is 0.650 bits per heavy atom. The molecule has 0 radical (unpaired) electrons. The molecule has 0 fully saturated rings. The fourth-order valence-electron chi connectivity index (χ4n) is 2.89. The molecule has 1 aliphatic rings. The van der Waals surface area contributed by atoms with Gasteiger partial charge in [-0.05, 0) is 44.2 Å². The van der Waals surface area contributed by atoms with Crippen molar-refractivity contribution < 1.29 is 0 Å². The lowest BCUT2D eigenvalue weighted by atomic mass is 10.1. The molecule has 94 valence electrons. The molecule has 0 unspecified atom stereocenters. The monoisotopic (exact) mass is 254 g/mol. The van der Waals surface area contributed by atoms with Crippen LogP contribution in [0.5, 0.6) is 0 Å². The first kappa shape index (κ1) is 11.2. The zero-order valence-corrected chi connectivity index (χ0v) is 11.1. The van der Waals surface area contributed by atoms with E-state index in [0.717, 1.165) is 0 Å². The molecule has 0 heterocycles. The predicted octanol–water partition coefficient (Wildman–Crippen LogP) is 2.94. The van der Waals surface area contributed by atoms with E-state index in [1.165, 1.54) is 32.0 Å². The van der Waals surface area contributed by atoms with Gasteiger partial charge in [0.15, 0.2) is 0 Å². The van der Waals surface area contributed by atoms with Crippen molar-refractivity contribution in [2.24, 2.45) is 0 Å². The highest BCUT2D eigenvalue weighted by Gasteiger charge is 2.02. The number of fused-ring (bicyclic) bond motifs is 2. The average molecular weight is 254 g/mol. The largest absolute Gasteiger partial charge is 0.0622 e. The molecule has 0 aliphatic heterocycles. The lowest BCUT2D eigenvalue weighted by Gasteiger charge is -1.96. The van der Waals surface area contributed by atoms with Crippen LogP contribution in [0, 0.1) is 10.4 Å². The Balaban J connectivity index is 2.15. The summed E-state index contributed by atoms with van der Waals surface area (Å²) in [6, 6.07) is 25.6. The van der Waals surface area contributed by atoms with Crippen LogP contribution in [0.25, 0.3) is 12.2 Å². The van der Waals surface area contributed by atoms with Crippen molar-refractivity contribution in [1.82, 2.24) is 0 Å². The fourth-order valence-corrected chi connectivity index (χ4v) is 2.89. The number of hydrogen-bond donors (Lipinski definition) is 0. The Morgan fingerprint density at radius 3 is 2.35 bits per heavy atom. The van der Waals surface area contributed by atoms with Gasteiger partial charge in [0.05, 0.1) is 0 Å². The first-order chi connectivity index (χ1) is 9.92. The third kappa shape index (κ3) is 1.78. The van der Waals surface area contributed by atoms with Crippen molar-refractivity contribution in [3.63, 3.8) is 0 Å². The van der Waals surface area contributed by atoms with Crippen molar-refractivity contribution in [3.8, 4) is 0 Å². The van der Waals surface area contributed by atoms with Crippen molar-refractivity contribution in [1.29, 1.82) is 0 Å². The molecule has 4 rings (SSSR count). The van der Waals surface area contributed by atoms with E-state index >= 15 is 0 Å². The van der Waals surface area contributed by atoms with Gasteiger partial charge in [0.2, 0.25) is 0 Å². The van der Waals surface area contributed by atoms with Gasteiger partial charge in [0, 0.05) is 0 Å². The smallest absolute Gasteiger partial charge is 0.00324 e. The predicted molar refractivity (Wildman–Crippen MR) is 83.4 cm³/mol. The summed E-state index contributed by atoms with van der Waals surface area (Å²) in [5, 5.41) is 5.29. The van der Waals surface area contributed by atoms with E-state index in [1.807, 2.05) is 0 Å². The summed E-state index contributed by atoms with van der Waals surface area (Å²) in [7, 11) is 0. The first-order valence-electron chi connectivity index (χ1n) is 6.89. The molecular formula is C20H14. The molecule has 0 saturated heterocycles. The molecule has 0 aromatic heterocycles. The lowest BCUT2D eigenvalue weighted by molar-refractivity contribution is 1.43. The molecule has 0 saturated carbocycles. The van der Waals surface area contributed by atoms with Crippen LogP contribution < -0.4 is 10.4 Å². The van der Waals surface area contributed by atoms with E-state index in [2.05, 4.69) is 84.9 Å². The van der Waals surface area contributed by atoms with E-state index in [4.69, 9.17) is 0 Å². The van der Waals surface area contributed by atoms with Crippen LogP contribution in [0.15, 0.2) is 72.8 Å². The molecule has 0 N–H and O–H groups in total. The summed E-state index contributed by atoms with van der Waals surface area (Å²) < 4.78 is 0. The minimum absolute atomic E-state index is 1.24. The van der Waals surface area contributed by atoms with Gasteiger partial charge in [-0.3, -0.25) is 0 Å². The molecule has 3 aromatic rings. The van der Waals surface area contributed by atoms with Crippen LogP contribution in [0.2, 0.25) is 0 Å². The van der Waals surface area contributed by atoms with Crippen molar-refractivity contribution >= 4 is 12.2 Å². The second-order valence-corrected chi connectivity index (χ2v) is 5.10. The molecular weight excluding hydrogens is 240 g/mol. The summed E-state index contributed by atoms with van der Waals surface area (Å²) in [6.45, 7) is 0. The van der Waals surface area contributed by atoms with Crippen molar-refractivity contribution in [2.45, 2.75) is 0 Å². The molecule has 20 heavy (non-hydrogen) atoms.